The zero-order valence-corrected chi connectivity index (χ0v) is 9.55. The van der Waals surface area contributed by atoms with Crippen LogP contribution in [0.5, 0.6) is 0 Å². The maximum atomic E-state index is 6.13. The van der Waals surface area contributed by atoms with Gasteiger partial charge in [-0.1, -0.05) is 27.2 Å². The van der Waals surface area contributed by atoms with Crippen LogP contribution < -0.4 is 5.73 Å². The van der Waals surface area contributed by atoms with E-state index in [1.54, 1.807) is 7.11 Å². The van der Waals surface area contributed by atoms with E-state index in [4.69, 9.17) is 10.5 Å². The van der Waals surface area contributed by atoms with Crippen LogP contribution in [0.3, 0.4) is 0 Å². The second kappa shape index (κ2) is 7.34. The highest BCUT2D eigenvalue weighted by atomic mass is 16.5. The first-order valence-electron chi connectivity index (χ1n) is 5.38. The molecule has 3 unspecified atom stereocenters. The standard InChI is InChI=1S/C11H25NO/c1-5-6-9(2)11(12)10(3)7-8-13-4/h9-11H,5-8,12H2,1-4H3. The van der Waals surface area contributed by atoms with Gasteiger partial charge in [0.2, 0.25) is 0 Å². The highest BCUT2D eigenvalue weighted by Crippen LogP contribution is 2.18. The highest BCUT2D eigenvalue weighted by Gasteiger charge is 2.18. The largest absolute Gasteiger partial charge is 0.385 e. The summed E-state index contributed by atoms with van der Waals surface area (Å²) in [6.07, 6.45) is 3.54. The molecular weight excluding hydrogens is 162 g/mol. The first kappa shape index (κ1) is 12.9. The lowest BCUT2D eigenvalue weighted by Gasteiger charge is -2.25. The third-order valence-electron chi connectivity index (χ3n) is 2.84. The summed E-state index contributed by atoms with van der Waals surface area (Å²) in [6.45, 7) is 7.50. The fourth-order valence-electron chi connectivity index (χ4n) is 1.70. The molecule has 0 fully saturated rings. The molecular formula is C11H25NO. The predicted molar refractivity (Wildman–Crippen MR) is 57.7 cm³/mol. The smallest absolute Gasteiger partial charge is 0.0465 e. The van der Waals surface area contributed by atoms with Crippen LogP contribution in [0.1, 0.15) is 40.0 Å². The topological polar surface area (TPSA) is 35.2 Å². The second-order valence-corrected chi connectivity index (χ2v) is 4.10. The molecule has 2 heteroatoms. The first-order valence-corrected chi connectivity index (χ1v) is 5.38. The third kappa shape index (κ3) is 5.27. The minimum atomic E-state index is 0.329. The van der Waals surface area contributed by atoms with Gasteiger partial charge < -0.3 is 10.5 Å². The molecule has 0 aromatic rings. The average molecular weight is 187 g/mol. The fraction of sp³-hybridized carbons (Fsp3) is 1.00. The van der Waals surface area contributed by atoms with E-state index >= 15 is 0 Å². The van der Waals surface area contributed by atoms with Gasteiger partial charge in [-0.3, -0.25) is 0 Å². The number of methoxy groups -OCH3 is 1. The minimum Gasteiger partial charge on any atom is -0.385 e. The van der Waals surface area contributed by atoms with Gasteiger partial charge in [-0.15, -0.1) is 0 Å². The summed E-state index contributed by atoms with van der Waals surface area (Å²) in [5, 5.41) is 0. The minimum absolute atomic E-state index is 0.329. The molecule has 2 N–H and O–H groups in total. The molecule has 13 heavy (non-hydrogen) atoms. The Labute approximate surface area is 82.8 Å². The molecule has 0 heterocycles. The summed E-state index contributed by atoms with van der Waals surface area (Å²) in [7, 11) is 1.74. The molecule has 2 nitrogen and oxygen atoms in total. The Morgan fingerprint density at radius 1 is 1.15 bits per heavy atom. The van der Waals surface area contributed by atoms with Crippen LogP contribution in [-0.2, 0) is 4.74 Å². The van der Waals surface area contributed by atoms with E-state index < -0.39 is 0 Å². The summed E-state index contributed by atoms with van der Waals surface area (Å²) >= 11 is 0. The van der Waals surface area contributed by atoms with Crippen molar-refractivity contribution >= 4 is 0 Å². The van der Waals surface area contributed by atoms with Gasteiger partial charge in [0.15, 0.2) is 0 Å². The third-order valence-corrected chi connectivity index (χ3v) is 2.84. The van der Waals surface area contributed by atoms with Gasteiger partial charge in [-0.25, -0.2) is 0 Å². The maximum Gasteiger partial charge on any atom is 0.0465 e. The van der Waals surface area contributed by atoms with Crippen molar-refractivity contribution in [2.24, 2.45) is 17.6 Å². The quantitative estimate of drug-likeness (QED) is 0.664. The van der Waals surface area contributed by atoms with Gasteiger partial charge in [-0.2, -0.15) is 0 Å². The monoisotopic (exact) mass is 187 g/mol. The van der Waals surface area contributed by atoms with Crippen molar-refractivity contribution in [1.29, 1.82) is 0 Å². The van der Waals surface area contributed by atoms with Gasteiger partial charge in [-0.05, 0) is 24.7 Å². The summed E-state index contributed by atoms with van der Waals surface area (Å²) in [6, 6.07) is 0.329. The van der Waals surface area contributed by atoms with E-state index in [1.165, 1.54) is 12.8 Å². The number of hydrogen-bond acceptors (Lipinski definition) is 2. The molecule has 0 saturated carbocycles. The maximum absolute atomic E-state index is 6.13. The van der Waals surface area contributed by atoms with Crippen LogP contribution in [0, 0.1) is 11.8 Å². The van der Waals surface area contributed by atoms with Crippen molar-refractivity contribution in [1.82, 2.24) is 0 Å². The lowest BCUT2D eigenvalue weighted by atomic mass is 9.87. The number of nitrogens with two attached hydrogens (primary N) is 1. The average Bonchev–Trinajstić information content (AvgIpc) is 2.13. The van der Waals surface area contributed by atoms with Crippen molar-refractivity contribution < 1.29 is 4.74 Å². The van der Waals surface area contributed by atoms with Gasteiger partial charge >= 0.3 is 0 Å². The van der Waals surface area contributed by atoms with Crippen LogP contribution in [-0.4, -0.2) is 19.8 Å². The molecule has 0 saturated heterocycles. The summed E-state index contributed by atoms with van der Waals surface area (Å²) in [5.74, 6) is 1.21. The molecule has 0 bridgehead atoms. The summed E-state index contributed by atoms with van der Waals surface area (Å²) in [4.78, 5) is 0. The van der Waals surface area contributed by atoms with Crippen molar-refractivity contribution in [3.63, 3.8) is 0 Å². The van der Waals surface area contributed by atoms with E-state index in [0.29, 0.717) is 17.9 Å². The molecule has 0 radical (unpaired) electrons. The summed E-state index contributed by atoms with van der Waals surface area (Å²) in [5.41, 5.74) is 6.13. The molecule has 0 aliphatic rings. The number of ether oxygens (including phenoxy) is 1. The van der Waals surface area contributed by atoms with Crippen molar-refractivity contribution in [2.75, 3.05) is 13.7 Å². The van der Waals surface area contributed by atoms with Crippen LogP contribution in [0.2, 0.25) is 0 Å². The van der Waals surface area contributed by atoms with Gasteiger partial charge in [0, 0.05) is 19.8 Å². The fourth-order valence-corrected chi connectivity index (χ4v) is 1.70. The van der Waals surface area contributed by atoms with E-state index in [-0.39, 0.29) is 0 Å². The molecule has 0 rings (SSSR count). The van der Waals surface area contributed by atoms with Crippen LogP contribution >= 0.6 is 0 Å². The molecule has 0 amide bonds. The van der Waals surface area contributed by atoms with Crippen molar-refractivity contribution in [2.45, 2.75) is 46.1 Å². The molecule has 80 valence electrons. The molecule has 3 atom stereocenters. The van der Waals surface area contributed by atoms with E-state index in [0.717, 1.165) is 13.0 Å². The van der Waals surface area contributed by atoms with Crippen LogP contribution in [0.4, 0.5) is 0 Å². The van der Waals surface area contributed by atoms with E-state index in [1.807, 2.05) is 0 Å². The molecule has 0 aromatic carbocycles. The molecule has 0 aliphatic carbocycles. The van der Waals surface area contributed by atoms with E-state index in [2.05, 4.69) is 20.8 Å². The Bertz CT molecular complexity index is 117. The summed E-state index contributed by atoms with van der Waals surface area (Å²) < 4.78 is 5.05. The van der Waals surface area contributed by atoms with Crippen LogP contribution in [0.25, 0.3) is 0 Å². The van der Waals surface area contributed by atoms with Gasteiger partial charge in [0.25, 0.3) is 0 Å². The Balaban J connectivity index is 3.71. The highest BCUT2D eigenvalue weighted by molar-refractivity contribution is 4.74. The zero-order valence-electron chi connectivity index (χ0n) is 9.55. The SMILES string of the molecule is CCCC(C)C(N)C(C)CCOC. The zero-order chi connectivity index (χ0) is 10.3. The second-order valence-electron chi connectivity index (χ2n) is 4.10. The Hall–Kier alpha value is -0.0800. The van der Waals surface area contributed by atoms with Gasteiger partial charge in [0.05, 0.1) is 0 Å². The normalized spacial score (nSPS) is 18.2. The van der Waals surface area contributed by atoms with Gasteiger partial charge in [0.1, 0.15) is 0 Å². The van der Waals surface area contributed by atoms with E-state index in [9.17, 15) is 0 Å². The van der Waals surface area contributed by atoms with Crippen molar-refractivity contribution in [3.05, 3.63) is 0 Å². The molecule has 0 aromatic heterocycles. The van der Waals surface area contributed by atoms with Crippen LogP contribution in [0.15, 0.2) is 0 Å². The number of hydrogen-bond donors (Lipinski definition) is 1. The van der Waals surface area contributed by atoms with Crippen molar-refractivity contribution in [3.8, 4) is 0 Å². The predicted octanol–water partition coefficient (Wildman–Crippen LogP) is 2.42. The lowest BCUT2D eigenvalue weighted by Crippen LogP contribution is -2.35. The Morgan fingerprint density at radius 2 is 1.69 bits per heavy atom. The lowest BCUT2D eigenvalue weighted by molar-refractivity contribution is 0.167. The molecule has 0 aliphatic heterocycles. The molecule has 0 spiro atoms. The Kier molecular flexibility index (Phi) is 7.29. The first-order chi connectivity index (χ1) is 6.13. The Morgan fingerprint density at radius 3 is 2.15 bits per heavy atom. The number of rotatable bonds is 7.